The van der Waals surface area contributed by atoms with Gasteiger partial charge >= 0.3 is 11.9 Å². The highest BCUT2D eigenvalue weighted by atomic mass is 16.7. The lowest BCUT2D eigenvalue weighted by Gasteiger charge is -2.19. The van der Waals surface area contributed by atoms with Gasteiger partial charge in [0, 0.05) is 17.2 Å². The molecule has 2 N–H and O–H groups in total. The second-order valence-corrected chi connectivity index (χ2v) is 10.9. The van der Waals surface area contributed by atoms with E-state index in [-0.39, 0.29) is 19.0 Å². The minimum atomic E-state index is -1.07. The fourth-order valence-electron chi connectivity index (χ4n) is 3.86. The Kier molecular flexibility index (Phi) is 13.0. The number of aryl methyl sites for hydroxylation is 1. The zero-order valence-electron chi connectivity index (χ0n) is 25.6. The summed E-state index contributed by atoms with van der Waals surface area (Å²) in [5.41, 5.74) is 3.52. The molecule has 0 aliphatic carbocycles. The Bertz CT molecular complexity index is 1460. The van der Waals surface area contributed by atoms with Gasteiger partial charge in [-0.3, -0.25) is 4.79 Å². The van der Waals surface area contributed by atoms with Gasteiger partial charge < -0.3 is 29.2 Å². The van der Waals surface area contributed by atoms with Gasteiger partial charge in [0.25, 0.3) is 0 Å². The van der Waals surface area contributed by atoms with Crippen molar-refractivity contribution in [3.63, 3.8) is 0 Å². The van der Waals surface area contributed by atoms with E-state index >= 15 is 0 Å². The average Bonchev–Trinajstić information content (AvgIpc) is 3.04. The fourth-order valence-corrected chi connectivity index (χ4v) is 3.86. The van der Waals surface area contributed by atoms with Crippen molar-refractivity contribution in [2.75, 3.05) is 26.8 Å². The first-order valence-corrected chi connectivity index (χ1v) is 14.5. The maximum absolute atomic E-state index is 12.2. The van der Waals surface area contributed by atoms with Crippen LogP contribution in [0.2, 0.25) is 0 Å². The fraction of sp³-hybridized carbons (Fsp3) is 0.333. The number of hydrogen-bond donors (Lipinski definition) is 2. The Hall–Kier alpha value is -4.58. The molecular formula is C36H40O8. The van der Waals surface area contributed by atoms with Crippen LogP contribution in [0.5, 0.6) is 11.5 Å². The first kappa shape index (κ1) is 33.9. The van der Waals surface area contributed by atoms with Gasteiger partial charge in [-0.15, -0.1) is 0 Å². The van der Waals surface area contributed by atoms with Crippen molar-refractivity contribution >= 4 is 11.9 Å². The molecule has 0 aliphatic heterocycles. The van der Waals surface area contributed by atoms with E-state index in [1.807, 2.05) is 24.3 Å². The van der Waals surface area contributed by atoms with Crippen LogP contribution >= 0.6 is 0 Å². The predicted molar refractivity (Wildman–Crippen MR) is 168 cm³/mol. The van der Waals surface area contributed by atoms with Crippen LogP contribution < -0.4 is 9.47 Å². The highest BCUT2D eigenvalue weighted by molar-refractivity contribution is 5.87. The number of hydrogen-bond acceptors (Lipinski definition) is 8. The number of esters is 2. The molecule has 3 aromatic rings. The predicted octanol–water partition coefficient (Wildman–Crippen LogP) is 5.81. The third kappa shape index (κ3) is 10.6. The number of aliphatic hydroxyl groups excluding tert-OH is 2. The van der Waals surface area contributed by atoms with Crippen molar-refractivity contribution in [1.82, 2.24) is 0 Å². The quantitative estimate of drug-likeness (QED) is 0.0739. The Morgan fingerprint density at radius 2 is 1.36 bits per heavy atom. The summed E-state index contributed by atoms with van der Waals surface area (Å²) in [6, 6.07) is 21.1. The van der Waals surface area contributed by atoms with Gasteiger partial charge in [-0.25, -0.2) is 4.79 Å². The van der Waals surface area contributed by atoms with Crippen molar-refractivity contribution in [2.45, 2.75) is 46.5 Å². The second kappa shape index (κ2) is 16.9. The molecule has 232 valence electrons. The Balaban J connectivity index is 1.74. The van der Waals surface area contributed by atoms with Gasteiger partial charge in [0.2, 0.25) is 13.6 Å². The highest BCUT2D eigenvalue weighted by Crippen LogP contribution is 2.30. The second-order valence-electron chi connectivity index (χ2n) is 10.9. The molecule has 3 aromatic carbocycles. The number of benzene rings is 3. The number of unbranched alkanes of at least 4 members (excludes halogenated alkanes) is 2. The lowest BCUT2D eigenvalue weighted by atomic mass is 9.95. The molecule has 0 saturated heterocycles. The first-order chi connectivity index (χ1) is 21.1. The van der Waals surface area contributed by atoms with Gasteiger partial charge in [-0.05, 0) is 79.8 Å². The smallest absolute Gasteiger partial charge is 0.338 e. The number of ether oxygens (including phenoxy) is 4. The third-order valence-electron chi connectivity index (χ3n) is 6.73. The molecule has 0 aromatic heterocycles. The Labute approximate surface area is 259 Å². The zero-order chi connectivity index (χ0) is 32.0. The van der Waals surface area contributed by atoms with Crippen LogP contribution in [-0.2, 0) is 25.5 Å². The molecule has 8 heteroatoms. The van der Waals surface area contributed by atoms with E-state index in [0.29, 0.717) is 11.5 Å². The monoisotopic (exact) mass is 600 g/mol. The molecule has 0 fully saturated rings. The van der Waals surface area contributed by atoms with Crippen molar-refractivity contribution in [2.24, 2.45) is 5.41 Å². The molecule has 0 spiro atoms. The summed E-state index contributed by atoms with van der Waals surface area (Å²) < 4.78 is 21.4. The largest absolute Gasteiger partial charge is 0.457 e. The number of carbonyl (C=O) groups excluding carboxylic acids is 2. The summed E-state index contributed by atoms with van der Waals surface area (Å²) in [7, 11) is 0. The van der Waals surface area contributed by atoms with Gasteiger partial charge in [0.15, 0.2) is 0 Å². The van der Waals surface area contributed by atoms with E-state index in [1.54, 1.807) is 32.0 Å². The summed E-state index contributed by atoms with van der Waals surface area (Å²) in [5.74, 6) is 5.69. The van der Waals surface area contributed by atoms with Crippen molar-refractivity contribution < 1.29 is 38.7 Å². The summed E-state index contributed by atoms with van der Waals surface area (Å²) in [5, 5.41) is 18.4. The maximum Gasteiger partial charge on any atom is 0.338 e. The molecule has 0 saturated carbocycles. The third-order valence-corrected chi connectivity index (χ3v) is 6.73. The van der Waals surface area contributed by atoms with Gasteiger partial charge in [0.1, 0.15) is 11.5 Å². The molecule has 0 aliphatic rings. The van der Waals surface area contributed by atoms with Crippen LogP contribution in [0.4, 0.5) is 0 Å². The minimum absolute atomic E-state index is 0.0957. The van der Waals surface area contributed by atoms with Crippen LogP contribution in [0.25, 0.3) is 11.1 Å². The van der Waals surface area contributed by atoms with Gasteiger partial charge in [0.05, 0.1) is 24.2 Å². The minimum Gasteiger partial charge on any atom is -0.457 e. The first-order valence-electron chi connectivity index (χ1n) is 14.5. The molecule has 3 rings (SSSR count). The molecule has 0 heterocycles. The summed E-state index contributed by atoms with van der Waals surface area (Å²) in [6.45, 7) is 7.05. The summed E-state index contributed by atoms with van der Waals surface area (Å²) in [6.07, 6.45) is 4.72. The van der Waals surface area contributed by atoms with Crippen molar-refractivity contribution in [1.29, 1.82) is 0 Å². The number of carbonyl (C=O) groups is 2. The van der Waals surface area contributed by atoms with Gasteiger partial charge in [-0.1, -0.05) is 62.5 Å². The van der Waals surface area contributed by atoms with Crippen molar-refractivity contribution in [3.05, 3.63) is 95.6 Å². The van der Waals surface area contributed by atoms with E-state index in [4.69, 9.17) is 24.1 Å². The molecule has 0 amide bonds. The van der Waals surface area contributed by atoms with Crippen LogP contribution in [-0.4, -0.2) is 49.0 Å². The van der Waals surface area contributed by atoms with Crippen molar-refractivity contribution in [3.8, 4) is 34.5 Å². The van der Waals surface area contributed by atoms with Crippen LogP contribution in [0.3, 0.4) is 0 Å². The topological polar surface area (TPSA) is 112 Å². The molecule has 44 heavy (non-hydrogen) atoms. The van der Waals surface area contributed by atoms with Crippen LogP contribution in [0.1, 0.15) is 56.7 Å². The Morgan fingerprint density at radius 3 is 1.91 bits per heavy atom. The lowest BCUT2D eigenvalue weighted by molar-refractivity contribution is -0.162. The van der Waals surface area contributed by atoms with E-state index in [2.05, 4.69) is 49.6 Å². The summed E-state index contributed by atoms with van der Waals surface area (Å²) in [4.78, 5) is 24.0. The highest BCUT2D eigenvalue weighted by Gasteiger charge is 2.28. The molecular weight excluding hydrogens is 560 g/mol. The maximum atomic E-state index is 12.2. The normalized spacial score (nSPS) is 10.8. The lowest BCUT2D eigenvalue weighted by Crippen LogP contribution is -2.31. The molecule has 0 radical (unpaired) electrons. The molecule has 0 bridgehead atoms. The van der Waals surface area contributed by atoms with E-state index in [1.165, 1.54) is 24.8 Å². The molecule has 8 nitrogen and oxygen atoms in total. The summed E-state index contributed by atoms with van der Waals surface area (Å²) >= 11 is 0. The van der Waals surface area contributed by atoms with Gasteiger partial charge in [-0.2, -0.15) is 0 Å². The number of aliphatic hydroxyl groups is 2. The van der Waals surface area contributed by atoms with E-state index in [0.717, 1.165) is 28.7 Å². The SMILES string of the molecule is C=C(CO)C(=O)OCOc1cc(OCOC(=O)C(C)(C)CO)cc(-c2ccc(C#Cc3ccc(CCCCC)cc3)cc2)c1. The molecule has 0 atom stereocenters. The van der Waals surface area contributed by atoms with E-state index < -0.39 is 30.8 Å². The number of rotatable bonds is 15. The van der Waals surface area contributed by atoms with E-state index in [9.17, 15) is 14.7 Å². The zero-order valence-corrected chi connectivity index (χ0v) is 25.6. The average molecular weight is 601 g/mol. The molecule has 0 unspecified atom stereocenters. The standard InChI is InChI=1S/C36H40O8/c1-5-6-7-8-27-9-11-28(12-10-27)13-14-29-15-17-30(18-16-29)31-19-32(41-24-43-34(39)26(2)22-37)21-33(20-31)42-25-44-35(40)36(3,4)23-38/h9-12,15-21,37-38H,2,5-8,22-25H2,1,3-4H3. The Morgan fingerprint density at radius 1 is 0.795 bits per heavy atom. The van der Waals surface area contributed by atoms with Crippen LogP contribution in [0.15, 0.2) is 78.9 Å². The van der Waals surface area contributed by atoms with Crippen LogP contribution in [0, 0.1) is 17.3 Å².